The largest absolute Gasteiger partial charge is 0.367 e. The summed E-state index contributed by atoms with van der Waals surface area (Å²) in [6.07, 6.45) is 3.91. The second-order valence-corrected chi connectivity index (χ2v) is 4.49. The molecule has 1 fully saturated rings. The summed E-state index contributed by atoms with van der Waals surface area (Å²) in [6.45, 7) is 0. The van der Waals surface area contributed by atoms with Crippen LogP contribution in [0.4, 0.5) is 17.3 Å². The standard InChI is InChI=1S/C14H13N5/c15-8-10-3-1-2-4-12(10)19-14-7-13(16-9-17-14)18-11-5-6-11/h1-4,7,9,11H,5-6H2,(H2,16,17,18,19). The quantitative estimate of drug-likeness (QED) is 0.873. The number of nitrogens with zero attached hydrogens (tertiary/aromatic N) is 3. The number of anilines is 3. The molecule has 0 aliphatic heterocycles. The van der Waals surface area contributed by atoms with Gasteiger partial charge in [0, 0.05) is 12.1 Å². The molecule has 0 bridgehead atoms. The maximum atomic E-state index is 9.04. The highest BCUT2D eigenvalue weighted by Gasteiger charge is 2.21. The maximum Gasteiger partial charge on any atom is 0.135 e. The van der Waals surface area contributed by atoms with Gasteiger partial charge < -0.3 is 10.6 Å². The van der Waals surface area contributed by atoms with Gasteiger partial charge in [-0.1, -0.05) is 12.1 Å². The summed E-state index contributed by atoms with van der Waals surface area (Å²) in [5.41, 5.74) is 1.35. The molecule has 1 aromatic heterocycles. The minimum atomic E-state index is 0.550. The van der Waals surface area contributed by atoms with Gasteiger partial charge in [0.1, 0.15) is 24.0 Å². The van der Waals surface area contributed by atoms with E-state index in [1.165, 1.54) is 19.2 Å². The first-order valence-corrected chi connectivity index (χ1v) is 6.20. The Morgan fingerprint density at radius 1 is 1.16 bits per heavy atom. The lowest BCUT2D eigenvalue weighted by Crippen LogP contribution is -2.04. The van der Waals surface area contributed by atoms with Crippen molar-refractivity contribution in [3.05, 3.63) is 42.2 Å². The summed E-state index contributed by atoms with van der Waals surface area (Å²) in [5, 5.41) is 15.5. The van der Waals surface area contributed by atoms with Crippen molar-refractivity contribution in [2.24, 2.45) is 0 Å². The molecule has 1 aromatic carbocycles. The summed E-state index contributed by atoms with van der Waals surface area (Å²) >= 11 is 0. The highest BCUT2D eigenvalue weighted by Crippen LogP contribution is 2.25. The monoisotopic (exact) mass is 251 g/mol. The van der Waals surface area contributed by atoms with E-state index in [0.29, 0.717) is 17.4 Å². The van der Waals surface area contributed by atoms with Crippen molar-refractivity contribution >= 4 is 17.3 Å². The molecule has 0 spiro atoms. The van der Waals surface area contributed by atoms with Crippen molar-refractivity contribution in [1.29, 1.82) is 5.26 Å². The van der Waals surface area contributed by atoms with Gasteiger partial charge in [-0.05, 0) is 25.0 Å². The molecule has 0 radical (unpaired) electrons. The van der Waals surface area contributed by atoms with Crippen molar-refractivity contribution < 1.29 is 0 Å². The van der Waals surface area contributed by atoms with E-state index in [4.69, 9.17) is 5.26 Å². The lowest BCUT2D eigenvalue weighted by atomic mass is 10.2. The van der Waals surface area contributed by atoms with E-state index in [1.54, 1.807) is 6.07 Å². The first-order chi connectivity index (χ1) is 9.35. The third kappa shape index (κ3) is 2.80. The fourth-order valence-corrected chi connectivity index (χ4v) is 1.77. The zero-order chi connectivity index (χ0) is 13.1. The Morgan fingerprint density at radius 2 is 1.95 bits per heavy atom. The van der Waals surface area contributed by atoms with Crippen LogP contribution in [0.3, 0.4) is 0 Å². The summed E-state index contributed by atoms with van der Waals surface area (Å²) in [6, 6.07) is 11.9. The van der Waals surface area contributed by atoms with Crippen molar-refractivity contribution in [3.8, 4) is 6.07 Å². The van der Waals surface area contributed by atoms with Crippen LogP contribution in [0.15, 0.2) is 36.7 Å². The number of hydrogen-bond donors (Lipinski definition) is 2. The van der Waals surface area contributed by atoms with Crippen LogP contribution < -0.4 is 10.6 Å². The molecular formula is C14H13N5. The van der Waals surface area contributed by atoms with Crippen LogP contribution in [0, 0.1) is 11.3 Å². The zero-order valence-electron chi connectivity index (χ0n) is 10.3. The predicted molar refractivity (Wildman–Crippen MR) is 73.1 cm³/mol. The second-order valence-electron chi connectivity index (χ2n) is 4.49. The summed E-state index contributed by atoms with van der Waals surface area (Å²) in [5.74, 6) is 1.50. The summed E-state index contributed by atoms with van der Waals surface area (Å²) in [4.78, 5) is 8.34. The Balaban J connectivity index is 1.80. The Morgan fingerprint density at radius 3 is 2.74 bits per heavy atom. The molecule has 2 N–H and O–H groups in total. The number of aromatic nitrogens is 2. The molecule has 0 atom stereocenters. The Labute approximate surface area is 111 Å². The van der Waals surface area contributed by atoms with Gasteiger partial charge >= 0.3 is 0 Å². The molecule has 1 saturated carbocycles. The van der Waals surface area contributed by atoms with Crippen LogP contribution in [-0.4, -0.2) is 16.0 Å². The highest BCUT2D eigenvalue weighted by atomic mass is 15.1. The van der Waals surface area contributed by atoms with Gasteiger partial charge in [-0.15, -0.1) is 0 Å². The van der Waals surface area contributed by atoms with Gasteiger partial charge in [0.15, 0.2) is 0 Å². The summed E-state index contributed by atoms with van der Waals surface area (Å²) < 4.78 is 0. The molecule has 0 unspecified atom stereocenters. The Hall–Kier alpha value is -2.61. The molecule has 94 valence electrons. The molecule has 1 heterocycles. The average molecular weight is 251 g/mol. The molecule has 0 saturated heterocycles. The van der Waals surface area contributed by atoms with Gasteiger partial charge in [0.2, 0.25) is 0 Å². The topological polar surface area (TPSA) is 73.6 Å². The van der Waals surface area contributed by atoms with E-state index >= 15 is 0 Å². The molecule has 1 aliphatic carbocycles. The number of nitriles is 1. The lowest BCUT2D eigenvalue weighted by Gasteiger charge is -2.08. The van der Waals surface area contributed by atoms with Crippen LogP contribution in [0.1, 0.15) is 18.4 Å². The van der Waals surface area contributed by atoms with E-state index in [-0.39, 0.29) is 0 Å². The number of nitrogens with one attached hydrogen (secondary N) is 2. The van der Waals surface area contributed by atoms with Crippen LogP contribution >= 0.6 is 0 Å². The van der Waals surface area contributed by atoms with E-state index in [0.717, 1.165) is 11.5 Å². The van der Waals surface area contributed by atoms with Crippen molar-refractivity contribution in [2.75, 3.05) is 10.6 Å². The predicted octanol–water partition coefficient (Wildman–Crippen LogP) is 2.67. The van der Waals surface area contributed by atoms with Crippen molar-refractivity contribution in [3.63, 3.8) is 0 Å². The molecule has 19 heavy (non-hydrogen) atoms. The molecular weight excluding hydrogens is 238 g/mol. The van der Waals surface area contributed by atoms with E-state index in [1.807, 2.05) is 24.3 Å². The van der Waals surface area contributed by atoms with Crippen LogP contribution in [-0.2, 0) is 0 Å². The zero-order valence-corrected chi connectivity index (χ0v) is 10.3. The fraction of sp³-hybridized carbons (Fsp3) is 0.214. The first-order valence-electron chi connectivity index (χ1n) is 6.20. The van der Waals surface area contributed by atoms with E-state index in [9.17, 15) is 0 Å². The van der Waals surface area contributed by atoms with Crippen LogP contribution in [0.25, 0.3) is 0 Å². The lowest BCUT2D eigenvalue weighted by molar-refractivity contribution is 1.08. The van der Waals surface area contributed by atoms with Crippen LogP contribution in [0.5, 0.6) is 0 Å². The highest BCUT2D eigenvalue weighted by molar-refractivity contribution is 5.65. The van der Waals surface area contributed by atoms with Gasteiger partial charge in [-0.3, -0.25) is 0 Å². The SMILES string of the molecule is N#Cc1ccccc1Nc1cc(NC2CC2)ncn1. The molecule has 2 aromatic rings. The minimum Gasteiger partial charge on any atom is -0.367 e. The third-order valence-electron chi connectivity index (χ3n) is 2.91. The minimum absolute atomic E-state index is 0.550. The van der Waals surface area contributed by atoms with Gasteiger partial charge in [-0.2, -0.15) is 5.26 Å². The number of hydrogen-bond acceptors (Lipinski definition) is 5. The molecule has 1 aliphatic rings. The van der Waals surface area contributed by atoms with Crippen molar-refractivity contribution in [2.45, 2.75) is 18.9 Å². The second kappa shape index (κ2) is 4.94. The van der Waals surface area contributed by atoms with E-state index in [2.05, 4.69) is 26.7 Å². The van der Waals surface area contributed by atoms with Crippen LogP contribution in [0.2, 0.25) is 0 Å². The third-order valence-corrected chi connectivity index (χ3v) is 2.91. The normalized spacial score (nSPS) is 13.6. The fourth-order valence-electron chi connectivity index (χ4n) is 1.77. The number of para-hydroxylation sites is 1. The first kappa shape index (κ1) is 11.5. The van der Waals surface area contributed by atoms with E-state index < -0.39 is 0 Å². The molecule has 3 rings (SSSR count). The summed E-state index contributed by atoms with van der Waals surface area (Å²) in [7, 11) is 0. The Bertz CT molecular complexity index is 628. The average Bonchev–Trinajstić information content (AvgIpc) is 3.24. The van der Waals surface area contributed by atoms with Gasteiger partial charge in [0.05, 0.1) is 11.3 Å². The molecule has 5 nitrogen and oxygen atoms in total. The molecule has 5 heteroatoms. The van der Waals surface area contributed by atoms with Gasteiger partial charge in [0.25, 0.3) is 0 Å². The number of benzene rings is 1. The smallest absolute Gasteiger partial charge is 0.135 e. The maximum absolute atomic E-state index is 9.04. The van der Waals surface area contributed by atoms with Crippen molar-refractivity contribution in [1.82, 2.24) is 9.97 Å². The van der Waals surface area contributed by atoms with Gasteiger partial charge in [-0.25, -0.2) is 9.97 Å². The Kier molecular flexibility index (Phi) is 2.99. The number of rotatable bonds is 4. The molecule has 0 amide bonds.